The minimum Gasteiger partial charge on any atom is -0.508 e. The summed E-state index contributed by atoms with van der Waals surface area (Å²) in [5.74, 6) is -0.410. The molecular formula is C12H13NO3. The van der Waals surface area contributed by atoms with Gasteiger partial charge in [0.2, 0.25) is 0 Å². The summed E-state index contributed by atoms with van der Waals surface area (Å²) in [5.41, 5.74) is -0.437. The van der Waals surface area contributed by atoms with Crippen LogP contribution in [0.2, 0.25) is 0 Å². The Morgan fingerprint density at radius 1 is 1.44 bits per heavy atom. The third-order valence-corrected chi connectivity index (χ3v) is 1.90. The van der Waals surface area contributed by atoms with Crippen LogP contribution in [-0.4, -0.2) is 11.1 Å². The van der Waals surface area contributed by atoms with E-state index >= 15 is 0 Å². The smallest absolute Gasteiger partial charge is 0.316 e. The highest BCUT2D eigenvalue weighted by molar-refractivity contribution is 5.78. The summed E-state index contributed by atoms with van der Waals surface area (Å²) in [7, 11) is 0. The summed E-state index contributed by atoms with van der Waals surface area (Å²) >= 11 is 0. The van der Waals surface area contributed by atoms with E-state index in [-0.39, 0.29) is 17.1 Å². The van der Waals surface area contributed by atoms with Crippen LogP contribution < -0.4 is 4.74 Å². The second-order valence-corrected chi connectivity index (χ2v) is 4.43. The lowest BCUT2D eigenvalue weighted by atomic mass is 9.97. The van der Waals surface area contributed by atoms with Gasteiger partial charge < -0.3 is 9.84 Å². The number of carbonyl (C=O) groups is 1. The van der Waals surface area contributed by atoms with E-state index in [1.54, 1.807) is 20.8 Å². The lowest BCUT2D eigenvalue weighted by Gasteiger charge is -2.16. The van der Waals surface area contributed by atoms with E-state index in [4.69, 9.17) is 10.00 Å². The summed E-state index contributed by atoms with van der Waals surface area (Å²) in [4.78, 5) is 11.6. The minimum atomic E-state index is -0.655. The zero-order valence-corrected chi connectivity index (χ0v) is 9.44. The Bertz CT molecular complexity index is 452. The largest absolute Gasteiger partial charge is 0.508 e. The highest BCUT2D eigenvalue weighted by atomic mass is 16.5. The average molecular weight is 219 g/mol. The first-order valence-electron chi connectivity index (χ1n) is 4.80. The summed E-state index contributed by atoms with van der Waals surface area (Å²) < 4.78 is 5.06. The van der Waals surface area contributed by atoms with Crippen molar-refractivity contribution in [3.05, 3.63) is 23.8 Å². The van der Waals surface area contributed by atoms with Gasteiger partial charge in [-0.15, -0.1) is 0 Å². The van der Waals surface area contributed by atoms with E-state index in [1.165, 1.54) is 18.2 Å². The molecule has 0 fully saturated rings. The van der Waals surface area contributed by atoms with Gasteiger partial charge in [-0.1, -0.05) is 0 Å². The molecule has 0 bridgehead atoms. The van der Waals surface area contributed by atoms with Gasteiger partial charge in [-0.2, -0.15) is 5.26 Å². The van der Waals surface area contributed by atoms with E-state index in [2.05, 4.69) is 0 Å². The monoisotopic (exact) mass is 219 g/mol. The van der Waals surface area contributed by atoms with Gasteiger partial charge in [0.1, 0.15) is 11.8 Å². The van der Waals surface area contributed by atoms with E-state index in [1.807, 2.05) is 6.07 Å². The van der Waals surface area contributed by atoms with Crippen molar-refractivity contribution in [2.45, 2.75) is 20.8 Å². The lowest BCUT2D eigenvalue weighted by Crippen LogP contribution is -2.25. The van der Waals surface area contributed by atoms with Gasteiger partial charge in [-0.25, -0.2) is 0 Å². The number of ether oxygens (including phenoxy) is 1. The molecule has 4 nitrogen and oxygen atoms in total. The fourth-order valence-corrected chi connectivity index (χ4v) is 0.941. The number of aromatic hydroxyl groups is 1. The van der Waals surface area contributed by atoms with Gasteiger partial charge in [0.25, 0.3) is 0 Å². The maximum Gasteiger partial charge on any atom is 0.316 e. The topological polar surface area (TPSA) is 70.3 Å². The number of phenolic OH excluding ortho intramolecular Hbond substituents is 1. The molecule has 16 heavy (non-hydrogen) atoms. The van der Waals surface area contributed by atoms with Crippen LogP contribution in [0.5, 0.6) is 11.5 Å². The van der Waals surface area contributed by atoms with E-state index < -0.39 is 11.4 Å². The summed E-state index contributed by atoms with van der Waals surface area (Å²) in [6.07, 6.45) is 0. The molecule has 0 aliphatic rings. The number of carbonyl (C=O) groups excluding carboxylic acids is 1. The van der Waals surface area contributed by atoms with Gasteiger partial charge in [0, 0.05) is 6.07 Å². The Labute approximate surface area is 94.1 Å². The van der Waals surface area contributed by atoms with E-state index in [0.29, 0.717) is 0 Å². The number of esters is 1. The van der Waals surface area contributed by atoms with Crippen LogP contribution in [-0.2, 0) is 4.79 Å². The third kappa shape index (κ3) is 2.74. The number of rotatable bonds is 1. The first-order valence-corrected chi connectivity index (χ1v) is 4.80. The number of phenols is 1. The standard InChI is InChI=1S/C12H13NO3/c1-12(2,3)11(15)16-10-6-9(14)5-4-8(10)7-13/h4-6,14H,1-3H3. The number of nitrogens with zero attached hydrogens (tertiary/aromatic N) is 1. The van der Waals surface area contributed by atoms with Crippen molar-refractivity contribution in [3.8, 4) is 17.6 Å². The molecule has 0 saturated heterocycles. The molecule has 0 amide bonds. The Kier molecular flexibility index (Phi) is 3.19. The highest BCUT2D eigenvalue weighted by Crippen LogP contribution is 2.26. The number of nitriles is 1. The summed E-state index contributed by atoms with van der Waals surface area (Å²) in [6, 6.07) is 5.91. The summed E-state index contributed by atoms with van der Waals surface area (Å²) in [6.45, 7) is 5.14. The van der Waals surface area contributed by atoms with Gasteiger partial charge in [-0.3, -0.25) is 4.79 Å². The maximum absolute atomic E-state index is 11.6. The molecule has 0 saturated carbocycles. The molecule has 4 heteroatoms. The molecule has 1 aromatic rings. The van der Waals surface area contributed by atoms with Crippen molar-refractivity contribution in [2.75, 3.05) is 0 Å². The quantitative estimate of drug-likeness (QED) is 0.580. The zero-order chi connectivity index (χ0) is 12.3. The van der Waals surface area contributed by atoms with Gasteiger partial charge in [0.05, 0.1) is 11.0 Å². The molecule has 0 radical (unpaired) electrons. The molecule has 0 unspecified atom stereocenters. The van der Waals surface area contributed by atoms with Crippen LogP contribution in [0.3, 0.4) is 0 Å². The number of benzene rings is 1. The fourth-order valence-electron chi connectivity index (χ4n) is 0.941. The first kappa shape index (κ1) is 12.1. The predicted octanol–water partition coefficient (Wildman–Crippen LogP) is 2.22. The van der Waals surface area contributed by atoms with Crippen LogP contribution in [0.15, 0.2) is 18.2 Å². The molecule has 1 aromatic carbocycles. The Morgan fingerprint density at radius 3 is 2.56 bits per heavy atom. The summed E-state index contributed by atoms with van der Waals surface area (Å²) in [5, 5.41) is 18.1. The van der Waals surface area contributed by atoms with Crippen molar-refractivity contribution in [3.63, 3.8) is 0 Å². The second kappa shape index (κ2) is 4.23. The fraction of sp³-hybridized carbons (Fsp3) is 0.333. The average Bonchev–Trinajstić information content (AvgIpc) is 2.16. The van der Waals surface area contributed by atoms with Gasteiger partial charge >= 0.3 is 5.97 Å². The predicted molar refractivity (Wildman–Crippen MR) is 57.9 cm³/mol. The molecule has 1 N–H and O–H groups in total. The molecule has 0 atom stereocenters. The van der Waals surface area contributed by atoms with Crippen molar-refractivity contribution < 1.29 is 14.6 Å². The van der Waals surface area contributed by atoms with Gasteiger partial charge in [0.15, 0.2) is 5.75 Å². The van der Waals surface area contributed by atoms with Crippen LogP contribution in [0, 0.1) is 16.7 Å². The Hall–Kier alpha value is -2.02. The van der Waals surface area contributed by atoms with Crippen molar-refractivity contribution >= 4 is 5.97 Å². The first-order chi connectivity index (χ1) is 7.34. The van der Waals surface area contributed by atoms with E-state index in [9.17, 15) is 9.90 Å². The van der Waals surface area contributed by atoms with Crippen LogP contribution in [0.1, 0.15) is 26.3 Å². The molecule has 0 aliphatic carbocycles. The molecule has 1 rings (SSSR count). The van der Waals surface area contributed by atoms with Crippen LogP contribution >= 0.6 is 0 Å². The maximum atomic E-state index is 11.6. The number of hydrogen-bond donors (Lipinski definition) is 1. The second-order valence-electron chi connectivity index (χ2n) is 4.43. The molecule has 0 spiro atoms. The highest BCUT2D eigenvalue weighted by Gasteiger charge is 2.24. The molecule has 0 aromatic heterocycles. The SMILES string of the molecule is CC(C)(C)C(=O)Oc1cc(O)ccc1C#N. The third-order valence-electron chi connectivity index (χ3n) is 1.90. The van der Waals surface area contributed by atoms with Crippen LogP contribution in [0.4, 0.5) is 0 Å². The molecule has 84 valence electrons. The molecule has 0 heterocycles. The Balaban J connectivity index is 3.02. The number of hydrogen-bond acceptors (Lipinski definition) is 4. The zero-order valence-electron chi connectivity index (χ0n) is 9.44. The van der Waals surface area contributed by atoms with Gasteiger partial charge in [-0.05, 0) is 32.9 Å². The lowest BCUT2D eigenvalue weighted by molar-refractivity contribution is -0.143. The normalized spacial score (nSPS) is 10.6. The minimum absolute atomic E-state index is 0.0456. The Morgan fingerprint density at radius 2 is 2.06 bits per heavy atom. The van der Waals surface area contributed by atoms with Crippen LogP contribution in [0.25, 0.3) is 0 Å². The van der Waals surface area contributed by atoms with Crippen molar-refractivity contribution in [1.29, 1.82) is 5.26 Å². The molecular weight excluding hydrogens is 206 g/mol. The van der Waals surface area contributed by atoms with E-state index in [0.717, 1.165) is 0 Å². The molecule has 0 aliphatic heterocycles. The van der Waals surface area contributed by atoms with Crippen molar-refractivity contribution in [1.82, 2.24) is 0 Å². The van der Waals surface area contributed by atoms with Crippen molar-refractivity contribution in [2.24, 2.45) is 5.41 Å².